The molecule has 0 radical (unpaired) electrons. The predicted molar refractivity (Wildman–Crippen MR) is 50.5 cm³/mol. The highest BCUT2D eigenvalue weighted by Crippen LogP contribution is 2.45. The third-order valence-corrected chi connectivity index (χ3v) is 3.58. The van der Waals surface area contributed by atoms with Crippen LogP contribution in [0.15, 0.2) is 0 Å². The molecule has 1 aliphatic carbocycles. The zero-order valence-corrected chi connectivity index (χ0v) is 8.65. The third kappa shape index (κ3) is 1.77. The van der Waals surface area contributed by atoms with Crippen LogP contribution in [0.5, 0.6) is 0 Å². The van der Waals surface area contributed by atoms with Gasteiger partial charge in [0.25, 0.3) is 0 Å². The summed E-state index contributed by atoms with van der Waals surface area (Å²) in [5.74, 6) is 2.85. The molecule has 3 atom stereocenters. The van der Waals surface area contributed by atoms with E-state index in [1.54, 1.807) is 0 Å². The predicted octanol–water partition coefficient (Wildman–Crippen LogP) is 3.71. The quantitative estimate of drug-likeness (QED) is 0.499. The first-order valence-electron chi connectivity index (χ1n) is 4.93. The van der Waals surface area contributed by atoms with Crippen molar-refractivity contribution in [3.8, 4) is 0 Å². The van der Waals surface area contributed by atoms with E-state index in [1.807, 2.05) is 0 Å². The van der Waals surface area contributed by atoms with E-state index in [0.717, 1.165) is 17.8 Å². The van der Waals surface area contributed by atoms with Crippen LogP contribution < -0.4 is 0 Å². The average molecular weight is 154 g/mol. The van der Waals surface area contributed by atoms with Gasteiger partial charge in [0.1, 0.15) is 0 Å². The van der Waals surface area contributed by atoms with Crippen LogP contribution in [0, 0.1) is 23.2 Å². The first-order chi connectivity index (χ1) is 4.93. The van der Waals surface area contributed by atoms with Gasteiger partial charge in [0.2, 0.25) is 0 Å². The molecule has 0 aromatic carbocycles. The molecule has 0 saturated heterocycles. The van der Waals surface area contributed by atoms with Crippen molar-refractivity contribution < 1.29 is 0 Å². The van der Waals surface area contributed by atoms with Crippen molar-refractivity contribution in [2.45, 2.75) is 47.5 Å². The van der Waals surface area contributed by atoms with Gasteiger partial charge in [-0.2, -0.15) is 0 Å². The monoisotopic (exact) mass is 154 g/mol. The summed E-state index contributed by atoms with van der Waals surface area (Å²) in [7, 11) is 0. The summed E-state index contributed by atoms with van der Waals surface area (Å²) in [4.78, 5) is 0. The lowest BCUT2D eigenvalue weighted by Gasteiger charge is -2.31. The van der Waals surface area contributed by atoms with Crippen LogP contribution in [-0.4, -0.2) is 0 Å². The van der Waals surface area contributed by atoms with Gasteiger partial charge in [-0.15, -0.1) is 0 Å². The van der Waals surface area contributed by atoms with E-state index in [1.165, 1.54) is 12.8 Å². The minimum Gasteiger partial charge on any atom is -0.0622 e. The summed E-state index contributed by atoms with van der Waals surface area (Å²) in [5, 5.41) is 0. The zero-order chi connectivity index (χ0) is 8.65. The summed E-state index contributed by atoms with van der Waals surface area (Å²) >= 11 is 0. The highest BCUT2D eigenvalue weighted by Gasteiger charge is 2.36. The molecule has 1 saturated carbocycles. The van der Waals surface area contributed by atoms with Gasteiger partial charge in [-0.1, -0.05) is 41.0 Å². The molecule has 0 aromatic heterocycles. The Morgan fingerprint density at radius 3 is 1.73 bits per heavy atom. The standard InChI is InChI=1S/C11H22/c1-8-6-7-10(9(8)2)11(3,4)5/h8-10H,6-7H2,1-5H3. The smallest absolute Gasteiger partial charge is 0.0337 e. The van der Waals surface area contributed by atoms with Gasteiger partial charge in [-0.3, -0.25) is 0 Å². The first kappa shape index (κ1) is 9.09. The molecule has 0 nitrogen and oxygen atoms in total. The van der Waals surface area contributed by atoms with Crippen molar-refractivity contribution in [1.29, 1.82) is 0 Å². The second kappa shape index (κ2) is 2.80. The minimum absolute atomic E-state index is 0.532. The average Bonchev–Trinajstić information content (AvgIpc) is 2.11. The van der Waals surface area contributed by atoms with E-state index < -0.39 is 0 Å². The Kier molecular flexibility index (Phi) is 2.32. The van der Waals surface area contributed by atoms with Crippen LogP contribution in [0.25, 0.3) is 0 Å². The number of rotatable bonds is 0. The van der Waals surface area contributed by atoms with Crippen LogP contribution in [-0.2, 0) is 0 Å². The van der Waals surface area contributed by atoms with Gasteiger partial charge in [0.15, 0.2) is 0 Å². The summed E-state index contributed by atoms with van der Waals surface area (Å²) < 4.78 is 0. The van der Waals surface area contributed by atoms with Gasteiger partial charge in [0.05, 0.1) is 0 Å². The molecule has 11 heavy (non-hydrogen) atoms. The van der Waals surface area contributed by atoms with Crippen LogP contribution >= 0.6 is 0 Å². The molecule has 0 N–H and O–H groups in total. The second-order valence-corrected chi connectivity index (χ2v) is 5.39. The summed E-state index contributed by atoms with van der Waals surface area (Å²) in [6, 6.07) is 0. The van der Waals surface area contributed by atoms with E-state index in [-0.39, 0.29) is 0 Å². The van der Waals surface area contributed by atoms with Gasteiger partial charge in [0, 0.05) is 0 Å². The molecule has 1 aliphatic rings. The molecule has 0 aromatic rings. The largest absolute Gasteiger partial charge is 0.0622 e. The van der Waals surface area contributed by atoms with Crippen LogP contribution in [0.3, 0.4) is 0 Å². The van der Waals surface area contributed by atoms with Crippen LogP contribution in [0.2, 0.25) is 0 Å². The van der Waals surface area contributed by atoms with Crippen molar-refractivity contribution in [2.24, 2.45) is 23.2 Å². The van der Waals surface area contributed by atoms with Crippen molar-refractivity contribution in [3.05, 3.63) is 0 Å². The maximum absolute atomic E-state index is 2.42. The fourth-order valence-corrected chi connectivity index (χ4v) is 2.59. The normalized spacial score (nSPS) is 39.5. The molecule has 3 unspecified atom stereocenters. The topological polar surface area (TPSA) is 0 Å². The Balaban J connectivity index is 2.62. The van der Waals surface area contributed by atoms with Crippen molar-refractivity contribution in [1.82, 2.24) is 0 Å². The van der Waals surface area contributed by atoms with Gasteiger partial charge in [-0.25, -0.2) is 0 Å². The Labute approximate surface area is 71.4 Å². The lowest BCUT2D eigenvalue weighted by Crippen LogP contribution is -2.23. The zero-order valence-electron chi connectivity index (χ0n) is 8.65. The van der Waals surface area contributed by atoms with Crippen molar-refractivity contribution in [3.63, 3.8) is 0 Å². The molecule has 66 valence electrons. The highest BCUT2D eigenvalue weighted by atomic mass is 14.4. The van der Waals surface area contributed by atoms with E-state index in [9.17, 15) is 0 Å². The lowest BCUT2D eigenvalue weighted by atomic mass is 9.74. The maximum Gasteiger partial charge on any atom is -0.0337 e. The molecular weight excluding hydrogens is 132 g/mol. The molecule has 1 rings (SSSR count). The van der Waals surface area contributed by atoms with Gasteiger partial charge >= 0.3 is 0 Å². The van der Waals surface area contributed by atoms with Gasteiger partial charge in [-0.05, 0) is 29.6 Å². The summed E-state index contributed by atoms with van der Waals surface area (Å²) in [5.41, 5.74) is 0.532. The SMILES string of the molecule is CC1CCC(C(C)(C)C)C1C. The lowest BCUT2D eigenvalue weighted by molar-refractivity contribution is 0.181. The maximum atomic E-state index is 2.42. The van der Waals surface area contributed by atoms with E-state index in [0.29, 0.717) is 5.41 Å². The van der Waals surface area contributed by atoms with E-state index in [4.69, 9.17) is 0 Å². The van der Waals surface area contributed by atoms with Gasteiger partial charge < -0.3 is 0 Å². The molecule has 1 fully saturated rings. The van der Waals surface area contributed by atoms with E-state index >= 15 is 0 Å². The fraction of sp³-hybridized carbons (Fsp3) is 1.00. The Morgan fingerprint density at radius 2 is 1.55 bits per heavy atom. The molecular formula is C11H22. The molecule has 0 bridgehead atoms. The molecule has 0 heterocycles. The molecule has 0 amide bonds. The number of hydrogen-bond acceptors (Lipinski definition) is 0. The Morgan fingerprint density at radius 1 is 1.00 bits per heavy atom. The van der Waals surface area contributed by atoms with Crippen LogP contribution in [0.4, 0.5) is 0 Å². The first-order valence-corrected chi connectivity index (χ1v) is 4.93. The Hall–Kier alpha value is 0. The Bertz CT molecular complexity index is 129. The minimum atomic E-state index is 0.532. The second-order valence-electron chi connectivity index (χ2n) is 5.39. The molecule has 0 spiro atoms. The summed E-state index contributed by atoms with van der Waals surface area (Å²) in [6.45, 7) is 12.0. The number of hydrogen-bond donors (Lipinski definition) is 0. The van der Waals surface area contributed by atoms with Crippen LogP contribution in [0.1, 0.15) is 47.5 Å². The molecule has 0 aliphatic heterocycles. The summed E-state index contributed by atoms with van der Waals surface area (Å²) in [6.07, 6.45) is 2.90. The highest BCUT2D eigenvalue weighted by molar-refractivity contribution is 4.86. The van der Waals surface area contributed by atoms with Crippen molar-refractivity contribution in [2.75, 3.05) is 0 Å². The fourth-order valence-electron chi connectivity index (χ4n) is 2.59. The third-order valence-electron chi connectivity index (χ3n) is 3.58. The molecule has 0 heteroatoms. The van der Waals surface area contributed by atoms with Crippen molar-refractivity contribution >= 4 is 0 Å². The van der Waals surface area contributed by atoms with E-state index in [2.05, 4.69) is 34.6 Å².